The lowest BCUT2D eigenvalue weighted by molar-refractivity contribution is 0.244. The number of carbonyl (C=O) groups excluding carboxylic acids is 1. The third-order valence-electron chi connectivity index (χ3n) is 2.84. The quantitative estimate of drug-likeness (QED) is 0.713. The number of rotatable bonds is 1. The summed E-state index contributed by atoms with van der Waals surface area (Å²) in [6.45, 7) is 7.82. The van der Waals surface area contributed by atoms with Crippen molar-refractivity contribution in [3.05, 3.63) is 29.3 Å². The lowest BCUT2D eigenvalue weighted by atomic mass is 10.0. The number of urea groups is 1. The zero-order valence-electron chi connectivity index (χ0n) is 11.3. The van der Waals surface area contributed by atoms with Crippen molar-refractivity contribution in [2.24, 2.45) is 0 Å². The maximum atomic E-state index is 11.8. The summed E-state index contributed by atoms with van der Waals surface area (Å²) in [4.78, 5) is 11.8. The molecule has 98 valence electrons. The number of fused-ring (bicyclic) bond motifs is 1. The van der Waals surface area contributed by atoms with Crippen LogP contribution in [-0.4, -0.2) is 18.1 Å². The third-order valence-corrected chi connectivity index (χ3v) is 2.84. The van der Waals surface area contributed by atoms with Crippen molar-refractivity contribution in [1.82, 2.24) is 10.6 Å². The Bertz CT molecular complexity index is 449. The van der Waals surface area contributed by atoms with Crippen LogP contribution in [0.15, 0.2) is 18.2 Å². The summed E-state index contributed by atoms with van der Waals surface area (Å²) in [5, 5.41) is 9.10. The second-order valence-corrected chi connectivity index (χ2v) is 5.74. The smallest absolute Gasteiger partial charge is 0.319 e. The van der Waals surface area contributed by atoms with Crippen LogP contribution in [0.4, 0.5) is 10.5 Å². The van der Waals surface area contributed by atoms with Gasteiger partial charge in [-0.2, -0.15) is 0 Å². The minimum absolute atomic E-state index is 0.156. The van der Waals surface area contributed by atoms with Crippen molar-refractivity contribution in [2.45, 2.75) is 39.3 Å². The van der Waals surface area contributed by atoms with E-state index in [0.29, 0.717) is 0 Å². The molecule has 3 N–H and O–H groups in total. The first kappa shape index (κ1) is 12.9. The molecule has 2 rings (SSSR count). The van der Waals surface area contributed by atoms with Crippen molar-refractivity contribution in [3.63, 3.8) is 0 Å². The van der Waals surface area contributed by atoms with E-state index < -0.39 is 0 Å². The molecule has 4 heteroatoms. The van der Waals surface area contributed by atoms with Crippen molar-refractivity contribution < 1.29 is 4.79 Å². The summed E-state index contributed by atoms with van der Waals surface area (Å²) < 4.78 is 0. The Morgan fingerprint density at radius 2 is 2.06 bits per heavy atom. The average molecular weight is 247 g/mol. The minimum atomic E-state index is -0.220. The molecule has 1 aromatic rings. The molecule has 0 saturated carbocycles. The van der Waals surface area contributed by atoms with Crippen molar-refractivity contribution in [3.8, 4) is 0 Å². The largest absolute Gasteiger partial charge is 0.333 e. The van der Waals surface area contributed by atoms with Crippen LogP contribution in [0.5, 0.6) is 0 Å². The first-order valence-corrected chi connectivity index (χ1v) is 6.36. The second-order valence-electron chi connectivity index (χ2n) is 5.74. The predicted octanol–water partition coefficient (Wildman–Crippen LogP) is 2.25. The van der Waals surface area contributed by atoms with Gasteiger partial charge in [-0.1, -0.05) is 6.07 Å². The molecule has 1 heterocycles. The summed E-state index contributed by atoms with van der Waals surface area (Å²) in [6, 6.07) is 5.94. The molecule has 4 nitrogen and oxygen atoms in total. The summed E-state index contributed by atoms with van der Waals surface area (Å²) >= 11 is 0. The molecule has 0 saturated heterocycles. The van der Waals surface area contributed by atoms with Crippen LogP contribution >= 0.6 is 0 Å². The fourth-order valence-electron chi connectivity index (χ4n) is 2.06. The van der Waals surface area contributed by atoms with Gasteiger partial charge in [0.15, 0.2) is 0 Å². The maximum Gasteiger partial charge on any atom is 0.319 e. The second kappa shape index (κ2) is 4.98. The van der Waals surface area contributed by atoms with E-state index in [1.807, 2.05) is 26.8 Å². The Balaban J connectivity index is 2.04. The van der Waals surface area contributed by atoms with E-state index in [0.717, 1.165) is 25.2 Å². The molecule has 0 atom stereocenters. The summed E-state index contributed by atoms with van der Waals surface area (Å²) in [7, 11) is 0. The van der Waals surface area contributed by atoms with Crippen LogP contribution in [-0.2, 0) is 13.0 Å². The van der Waals surface area contributed by atoms with Crippen LogP contribution in [0, 0.1) is 0 Å². The number of carbonyl (C=O) groups is 1. The third kappa shape index (κ3) is 3.47. The van der Waals surface area contributed by atoms with Gasteiger partial charge in [0, 0.05) is 17.8 Å². The van der Waals surface area contributed by atoms with E-state index in [2.05, 4.69) is 28.1 Å². The van der Waals surface area contributed by atoms with Crippen LogP contribution in [0.3, 0.4) is 0 Å². The lowest BCUT2D eigenvalue weighted by Gasteiger charge is -2.22. The molecule has 0 bridgehead atoms. The number of hydrogen-bond donors (Lipinski definition) is 3. The van der Waals surface area contributed by atoms with Gasteiger partial charge in [0.2, 0.25) is 0 Å². The fraction of sp³-hybridized carbons (Fsp3) is 0.500. The summed E-state index contributed by atoms with van der Waals surface area (Å²) in [6.07, 6.45) is 1.02. The van der Waals surface area contributed by atoms with Gasteiger partial charge in [-0.05, 0) is 57.0 Å². The molecular weight excluding hydrogens is 226 g/mol. The van der Waals surface area contributed by atoms with E-state index in [4.69, 9.17) is 0 Å². The van der Waals surface area contributed by atoms with Crippen molar-refractivity contribution in [1.29, 1.82) is 0 Å². The standard InChI is InChI=1S/C14H21N3O/c1-14(2,3)17-13(18)16-12-5-4-11-9-15-7-6-10(11)8-12/h4-5,8,15H,6-7,9H2,1-3H3,(H2,16,17,18). The molecule has 18 heavy (non-hydrogen) atoms. The highest BCUT2D eigenvalue weighted by molar-refractivity contribution is 5.89. The van der Waals surface area contributed by atoms with Crippen LogP contribution in [0.2, 0.25) is 0 Å². The van der Waals surface area contributed by atoms with E-state index >= 15 is 0 Å². The van der Waals surface area contributed by atoms with Gasteiger partial charge in [-0.25, -0.2) is 4.79 Å². The van der Waals surface area contributed by atoms with Gasteiger partial charge in [-0.3, -0.25) is 0 Å². The van der Waals surface area contributed by atoms with Gasteiger partial charge in [0.25, 0.3) is 0 Å². The average Bonchev–Trinajstić information content (AvgIpc) is 2.26. The van der Waals surface area contributed by atoms with Crippen LogP contribution < -0.4 is 16.0 Å². The van der Waals surface area contributed by atoms with Crippen LogP contribution in [0.25, 0.3) is 0 Å². The Kier molecular flexibility index (Phi) is 3.57. The topological polar surface area (TPSA) is 53.2 Å². The van der Waals surface area contributed by atoms with Crippen molar-refractivity contribution in [2.75, 3.05) is 11.9 Å². The molecule has 0 radical (unpaired) electrons. The van der Waals surface area contributed by atoms with E-state index in [1.54, 1.807) is 0 Å². The molecule has 2 amide bonds. The first-order chi connectivity index (χ1) is 8.44. The number of anilines is 1. The maximum absolute atomic E-state index is 11.8. The predicted molar refractivity (Wildman–Crippen MR) is 73.8 cm³/mol. The van der Waals surface area contributed by atoms with E-state index in [9.17, 15) is 4.79 Å². The normalized spacial score (nSPS) is 14.8. The molecule has 0 spiro atoms. The molecule has 0 unspecified atom stereocenters. The highest BCUT2D eigenvalue weighted by Crippen LogP contribution is 2.19. The number of nitrogens with one attached hydrogen (secondary N) is 3. The van der Waals surface area contributed by atoms with Gasteiger partial charge in [0.05, 0.1) is 0 Å². The first-order valence-electron chi connectivity index (χ1n) is 6.36. The SMILES string of the molecule is CC(C)(C)NC(=O)Nc1ccc2c(c1)CCNC2. The van der Waals surface area contributed by atoms with Crippen LogP contribution in [0.1, 0.15) is 31.9 Å². The molecule has 0 aliphatic carbocycles. The highest BCUT2D eigenvalue weighted by Gasteiger charge is 2.14. The van der Waals surface area contributed by atoms with E-state index in [-0.39, 0.29) is 11.6 Å². The van der Waals surface area contributed by atoms with Crippen molar-refractivity contribution >= 4 is 11.7 Å². The summed E-state index contributed by atoms with van der Waals surface area (Å²) in [5.41, 5.74) is 3.28. The zero-order chi connectivity index (χ0) is 13.2. The number of hydrogen-bond acceptors (Lipinski definition) is 2. The Labute approximate surface area is 108 Å². The highest BCUT2D eigenvalue weighted by atomic mass is 16.2. The van der Waals surface area contributed by atoms with Gasteiger partial charge < -0.3 is 16.0 Å². The van der Waals surface area contributed by atoms with Gasteiger partial charge in [-0.15, -0.1) is 0 Å². The number of benzene rings is 1. The molecule has 1 aromatic carbocycles. The Hall–Kier alpha value is -1.55. The minimum Gasteiger partial charge on any atom is -0.333 e. The molecule has 1 aliphatic heterocycles. The van der Waals surface area contributed by atoms with E-state index in [1.165, 1.54) is 11.1 Å². The lowest BCUT2D eigenvalue weighted by Crippen LogP contribution is -2.43. The Morgan fingerprint density at radius 1 is 1.28 bits per heavy atom. The molecule has 0 fully saturated rings. The monoisotopic (exact) mass is 247 g/mol. The fourth-order valence-corrected chi connectivity index (χ4v) is 2.06. The molecule has 0 aromatic heterocycles. The zero-order valence-corrected chi connectivity index (χ0v) is 11.3. The number of amides is 2. The Morgan fingerprint density at radius 3 is 2.78 bits per heavy atom. The molecular formula is C14H21N3O. The van der Waals surface area contributed by atoms with Gasteiger partial charge in [0.1, 0.15) is 0 Å². The van der Waals surface area contributed by atoms with Gasteiger partial charge >= 0.3 is 6.03 Å². The summed E-state index contributed by atoms with van der Waals surface area (Å²) in [5.74, 6) is 0. The molecule has 1 aliphatic rings.